The number of ether oxygens (including phenoxy) is 3. The molecule has 1 fully saturated rings. The molecule has 1 amide bonds. The van der Waals surface area contributed by atoms with Gasteiger partial charge in [0.2, 0.25) is 5.91 Å². The summed E-state index contributed by atoms with van der Waals surface area (Å²) in [5.74, 6) is 0.700. The number of carbonyl (C=O) groups is 1. The average molecular weight is 245 g/mol. The number of nitrogens with one attached hydrogen (secondary N) is 1. The molecule has 1 rings (SSSR count). The Balaban J connectivity index is 2.07. The molecule has 0 saturated carbocycles. The third-order valence-electron chi connectivity index (χ3n) is 3.11. The molecule has 1 heterocycles. The Morgan fingerprint density at radius 2 is 2.00 bits per heavy atom. The first-order valence-corrected chi connectivity index (χ1v) is 6.16. The molecule has 0 unspecified atom stereocenters. The lowest BCUT2D eigenvalue weighted by Gasteiger charge is -2.21. The quantitative estimate of drug-likeness (QED) is 0.678. The normalized spacial score (nSPS) is 17.4. The summed E-state index contributed by atoms with van der Waals surface area (Å²) in [4.78, 5) is 11.6. The molecule has 100 valence electrons. The fourth-order valence-corrected chi connectivity index (χ4v) is 1.92. The van der Waals surface area contributed by atoms with E-state index in [1.807, 2.05) is 0 Å². The number of carbonyl (C=O) groups excluding carboxylic acids is 1. The Morgan fingerprint density at radius 1 is 1.35 bits per heavy atom. The van der Waals surface area contributed by atoms with Gasteiger partial charge in [-0.1, -0.05) is 0 Å². The SMILES string of the molecule is COC(CNC(=O)CCC1CCOCC1)OC. The van der Waals surface area contributed by atoms with Gasteiger partial charge in [0.15, 0.2) is 6.29 Å². The van der Waals surface area contributed by atoms with E-state index in [1.54, 1.807) is 14.2 Å². The topological polar surface area (TPSA) is 56.8 Å². The van der Waals surface area contributed by atoms with Crippen LogP contribution >= 0.6 is 0 Å². The van der Waals surface area contributed by atoms with Crippen molar-refractivity contribution in [2.24, 2.45) is 5.92 Å². The lowest BCUT2D eigenvalue weighted by molar-refractivity contribution is -0.127. The summed E-state index contributed by atoms with van der Waals surface area (Å²) < 4.78 is 15.3. The summed E-state index contributed by atoms with van der Waals surface area (Å²) in [6, 6.07) is 0. The van der Waals surface area contributed by atoms with Gasteiger partial charge in [0, 0.05) is 33.9 Å². The second-order valence-corrected chi connectivity index (χ2v) is 4.30. The zero-order valence-electron chi connectivity index (χ0n) is 10.7. The smallest absolute Gasteiger partial charge is 0.220 e. The van der Waals surface area contributed by atoms with Gasteiger partial charge >= 0.3 is 0 Å². The van der Waals surface area contributed by atoms with Crippen LogP contribution in [0.3, 0.4) is 0 Å². The first-order valence-electron chi connectivity index (χ1n) is 6.16. The standard InChI is InChI=1S/C12H23NO4/c1-15-12(16-2)9-13-11(14)4-3-10-5-7-17-8-6-10/h10,12H,3-9H2,1-2H3,(H,13,14). The van der Waals surface area contributed by atoms with Crippen molar-refractivity contribution in [3.05, 3.63) is 0 Å². The Labute approximate surface area is 103 Å². The van der Waals surface area contributed by atoms with Crippen molar-refractivity contribution in [1.29, 1.82) is 0 Å². The molecule has 5 heteroatoms. The monoisotopic (exact) mass is 245 g/mol. The van der Waals surface area contributed by atoms with Crippen LogP contribution in [0.2, 0.25) is 0 Å². The molecule has 1 aliphatic rings. The van der Waals surface area contributed by atoms with Crippen molar-refractivity contribution < 1.29 is 19.0 Å². The predicted molar refractivity (Wildman–Crippen MR) is 63.6 cm³/mol. The zero-order chi connectivity index (χ0) is 12.5. The van der Waals surface area contributed by atoms with Crippen LogP contribution in [0, 0.1) is 5.92 Å². The molecule has 0 atom stereocenters. The highest BCUT2D eigenvalue weighted by Crippen LogP contribution is 2.19. The summed E-state index contributed by atoms with van der Waals surface area (Å²) >= 11 is 0. The molecule has 0 spiro atoms. The van der Waals surface area contributed by atoms with E-state index in [0.717, 1.165) is 32.5 Å². The van der Waals surface area contributed by atoms with Crippen LogP contribution in [0.1, 0.15) is 25.7 Å². The fraction of sp³-hybridized carbons (Fsp3) is 0.917. The lowest BCUT2D eigenvalue weighted by atomic mass is 9.95. The summed E-state index contributed by atoms with van der Waals surface area (Å²) in [7, 11) is 3.12. The summed E-state index contributed by atoms with van der Waals surface area (Å²) in [6.45, 7) is 2.07. The minimum Gasteiger partial charge on any atom is -0.381 e. The van der Waals surface area contributed by atoms with Crippen LogP contribution in [-0.2, 0) is 19.0 Å². The van der Waals surface area contributed by atoms with Crippen LogP contribution < -0.4 is 5.32 Å². The lowest BCUT2D eigenvalue weighted by Crippen LogP contribution is -2.34. The molecule has 5 nitrogen and oxygen atoms in total. The molecule has 0 aromatic carbocycles. The number of hydrogen-bond acceptors (Lipinski definition) is 4. The van der Waals surface area contributed by atoms with Gasteiger partial charge in [-0.3, -0.25) is 4.79 Å². The van der Waals surface area contributed by atoms with Crippen molar-refractivity contribution in [3.63, 3.8) is 0 Å². The molecule has 0 radical (unpaired) electrons. The second-order valence-electron chi connectivity index (χ2n) is 4.30. The maximum atomic E-state index is 11.6. The van der Waals surface area contributed by atoms with E-state index >= 15 is 0 Å². The molecule has 0 aliphatic carbocycles. The minimum atomic E-state index is -0.359. The second kappa shape index (κ2) is 8.44. The number of methoxy groups -OCH3 is 2. The summed E-state index contributed by atoms with van der Waals surface area (Å²) in [5.41, 5.74) is 0. The molecule has 17 heavy (non-hydrogen) atoms. The zero-order valence-corrected chi connectivity index (χ0v) is 10.7. The third kappa shape index (κ3) is 6.00. The van der Waals surface area contributed by atoms with Crippen LogP contribution in [0.25, 0.3) is 0 Å². The van der Waals surface area contributed by atoms with E-state index in [2.05, 4.69) is 5.32 Å². The van der Waals surface area contributed by atoms with Gasteiger partial charge < -0.3 is 19.5 Å². The highest BCUT2D eigenvalue weighted by Gasteiger charge is 2.15. The Morgan fingerprint density at radius 3 is 2.59 bits per heavy atom. The van der Waals surface area contributed by atoms with E-state index in [1.165, 1.54) is 0 Å². The Bertz CT molecular complexity index is 213. The van der Waals surface area contributed by atoms with Crippen LogP contribution in [0.15, 0.2) is 0 Å². The maximum Gasteiger partial charge on any atom is 0.220 e. The summed E-state index contributed by atoms with van der Waals surface area (Å²) in [5, 5.41) is 2.80. The highest BCUT2D eigenvalue weighted by molar-refractivity contribution is 5.75. The molecule has 0 aromatic rings. The molecule has 1 aliphatic heterocycles. The third-order valence-corrected chi connectivity index (χ3v) is 3.11. The van der Waals surface area contributed by atoms with Gasteiger partial charge in [-0.05, 0) is 25.2 Å². The Hall–Kier alpha value is -0.650. The number of rotatable bonds is 7. The largest absolute Gasteiger partial charge is 0.381 e. The van der Waals surface area contributed by atoms with E-state index in [9.17, 15) is 4.79 Å². The number of amides is 1. The van der Waals surface area contributed by atoms with E-state index < -0.39 is 0 Å². The number of hydrogen-bond donors (Lipinski definition) is 1. The van der Waals surface area contributed by atoms with E-state index in [0.29, 0.717) is 18.9 Å². The molecule has 1 N–H and O–H groups in total. The van der Waals surface area contributed by atoms with Crippen molar-refractivity contribution in [3.8, 4) is 0 Å². The fourth-order valence-electron chi connectivity index (χ4n) is 1.92. The predicted octanol–water partition coefficient (Wildman–Crippen LogP) is 0.928. The first-order chi connectivity index (χ1) is 8.26. The highest BCUT2D eigenvalue weighted by atomic mass is 16.7. The van der Waals surface area contributed by atoms with E-state index in [4.69, 9.17) is 14.2 Å². The van der Waals surface area contributed by atoms with Crippen LogP contribution in [0.4, 0.5) is 0 Å². The molecule has 1 saturated heterocycles. The first kappa shape index (κ1) is 14.4. The van der Waals surface area contributed by atoms with Crippen molar-refractivity contribution in [2.45, 2.75) is 32.0 Å². The van der Waals surface area contributed by atoms with Crippen LogP contribution in [-0.4, -0.2) is 46.2 Å². The van der Waals surface area contributed by atoms with Gasteiger partial charge in [0.05, 0.1) is 6.54 Å². The van der Waals surface area contributed by atoms with Gasteiger partial charge in [0.1, 0.15) is 0 Å². The van der Waals surface area contributed by atoms with Crippen molar-refractivity contribution in [2.75, 3.05) is 34.0 Å². The van der Waals surface area contributed by atoms with Crippen LogP contribution in [0.5, 0.6) is 0 Å². The molecule has 0 bridgehead atoms. The van der Waals surface area contributed by atoms with E-state index in [-0.39, 0.29) is 12.2 Å². The van der Waals surface area contributed by atoms with Gasteiger partial charge in [0.25, 0.3) is 0 Å². The maximum absolute atomic E-state index is 11.6. The Kier molecular flexibility index (Phi) is 7.16. The molecule has 0 aromatic heterocycles. The van der Waals surface area contributed by atoms with Gasteiger partial charge in [-0.2, -0.15) is 0 Å². The van der Waals surface area contributed by atoms with Gasteiger partial charge in [-0.25, -0.2) is 0 Å². The van der Waals surface area contributed by atoms with Crippen molar-refractivity contribution >= 4 is 5.91 Å². The minimum absolute atomic E-state index is 0.0654. The average Bonchev–Trinajstić information content (AvgIpc) is 2.39. The summed E-state index contributed by atoms with van der Waals surface area (Å²) in [6.07, 6.45) is 3.31. The van der Waals surface area contributed by atoms with Crippen molar-refractivity contribution in [1.82, 2.24) is 5.32 Å². The van der Waals surface area contributed by atoms with Gasteiger partial charge in [-0.15, -0.1) is 0 Å². The molecular formula is C12H23NO4. The molecular weight excluding hydrogens is 222 g/mol.